The number of aldehydes is 1. The van der Waals surface area contributed by atoms with E-state index in [4.69, 9.17) is 16.3 Å². The van der Waals surface area contributed by atoms with Crippen LogP contribution >= 0.6 is 11.6 Å². The molecule has 0 spiro atoms. The summed E-state index contributed by atoms with van der Waals surface area (Å²) in [5.41, 5.74) is 1.54. The molecule has 0 bridgehead atoms. The number of imidazole rings is 1. The van der Waals surface area contributed by atoms with Crippen molar-refractivity contribution in [3.05, 3.63) is 83.2 Å². The van der Waals surface area contributed by atoms with Gasteiger partial charge in [-0.1, -0.05) is 42.5 Å². The van der Waals surface area contributed by atoms with Gasteiger partial charge in [-0.25, -0.2) is 0 Å². The molecule has 0 amide bonds. The summed E-state index contributed by atoms with van der Waals surface area (Å²) in [7, 11) is 3.25. The van der Waals surface area contributed by atoms with Crippen molar-refractivity contribution >= 4 is 36.3 Å². The van der Waals surface area contributed by atoms with Crippen molar-refractivity contribution in [2.45, 2.75) is 32.3 Å². The van der Waals surface area contributed by atoms with Gasteiger partial charge in [-0.15, -0.1) is 18.2 Å². The molecule has 0 saturated heterocycles. The van der Waals surface area contributed by atoms with Crippen LogP contribution in [0.15, 0.2) is 77.5 Å². The molecule has 0 radical (unpaired) electrons. The molecule has 3 atom stereocenters. The molecular formula is C29H36ClN3O3. The number of aromatic nitrogens is 2. The Kier molecular flexibility index (Phi) is 13.3. The van der Waals surface area contributed by atoms with Gasteiger partial charge in [-0.05, 0) is 55.9 Å². The molecule has 3 unspecified atom stereocenters. The lowest BCUT2D eigenvalue weighted by molar-refractivity contribution is -0.104. The summed E-state index contributed by atoms with van der Waals surface area (Å²) in [6.07, 6.45) is 26.9. The number of allylic oxidation sites excluding steroid dienone is 8. The van der Waals surface area contributed by atoms with E-state index in [1.54, 1.807) is 20.3 Å². The Balaban J connectivity index is 0.00000145. The fraction of sp³-hybridized carbons (Fsp3) is 0.345. The largest absolute Gasteiger partial charge is 0.453 e. The van der Waals surface area contributed by atoms with E-state index < -0.39 is 0 Å². The highest BCUT2D eigenvalue weighted by Crippen LogP contribution is 2.16. The van der Waals surface area contributed by atoms with E-state index in [9.17, 15) is 4.79 Å². The Bertz CT molecular complexity index is 1150. The number of aliphatic imine (C=N–C) groups is 1. The molecule has 192 valence electrons. The molecule has 1 aliphatic carbocycles. The average Bonchev–Trinajstić information content (AvgIpc) is 3.17. The molecule has 6 nitrogen and oxygen atoms in total. The van der Waals surface area contributed by atoms with Crippen LogP contribution in [0.25, 0.3) is 12.2 Å². The van der Waals surface area contributed by atoms with Crippen molar-refractivity contribution < 1.29 is 14.3 Å². The van der Waals surface area contributed by atoms with Crippen LogP contribution in [0, 0.1) is 11.8 Å². The molecule has 1 N–H and O–H groups in total. The van der Waals surface area contributed by atoms with E-state index in [0.29, 0.717) is 29.3 Å². The molecule has 0 saturated carbocycles. The Hall–Kier alpha value is -3.22. The minimum Gasteiger partial charge on any atom is -0.453 e. The molecule has 0 aromatic carbocycles. The van der Waals surface area contributed by atoms with E-state index in [-0.39, 0.29) is 6.10 Å². The van der Waals surface area contributed by atoms with Gasteiger partial charge in [0.1, 0.15) is 12.4 Å². The smallest absolute Gasteiger partial charge is 0.295 e. The second-order valence-electron chi connectivity index (χ2n) is 8.34. The van der Waals surface area contributed by atoms with E-state index >= 15 is 0 Å². The summed E-state index contributed by atoms with van der Waals surface area (Å²) in [6, 6.07) is 0.407. The second-order valence-corrected chi connectivity index (χ2v) is 8.65. The maximum atomic E-state index is 11.2. The third-order valence-electron chi connectivity index (χ3n) is 5.52. The van der Waals surface area contributed by atoms with Gasteiger partial charge >= 0.3 is 0 Å². The highest BCUT2D eigenvalue weighted by Gasteiger charge is 2.10. The third kappa shape index (κ3) is 9.80. The van der Waals surface area contributed by atoms with Crippen LogP contribution in [0.2, 0.25) is 0 Å². The van der Waals surface area contributed by atoms with Crippen LogP contribution in [0.4, 0.5) is 0 Å². The van der Waals surface area contributed by atoms with Gasteiger partial charge in [-0.2, -0.15) is 4.98 Å². The van der Waals surface area contributed by atoms with Gasteiger partial charge in [0.05, 0.1) is 10.7 Å². The summed E-state index contributed by atoms with van der Waals surface area (Å²) >= 11 is 5.95. The molecule has 36 heavy (non-hydrogen) atoms. The van der Waals surface area contributed by atoms with Gasteiger partial charge in [0.25, 0.3) is 6.01 Å². The first-order chi connectivity index (χ1) is 17.5. The van der Waals surface area contributed by atoms with Crippen LogP contribution < -0.4 is 15.4 Å². The number of alkyl halides is 1. The van der Waals surface area contributed by atoms with Crippen LogP contribution in [0.3, 0.4) is 0 Å². The van der Waals surface area contributed by atoms with Crippen molar-refractivity contribution in [2.24, 2.45) is 16.8 Å². The van der Waals surface area contributed by atoms with Crippen LogP contribution in [0.5, 0.6) is 6.01 Å². The summed E-state index contributed by atoms with van der Waals surface area (Å²) in [6.45, 7) is 5.89. The van der Waals surface area contributed by atoms with E-state index in [1.165, 1.54) is 0 Å². The van der Waals surface area contributed by atoms with Crippen molar-refractivity contribution in [1.82, 2.24) is 9.97 Å². The quantitative estimate of drug-likeness (QED) is 0.284. The van der Waals surface area contributed by atoms with Crippen molar-refractivity contribution in [2.75, 3.05) is 20.1 Å². The zero-order chi connectivity index (χ0) is 26.2. The Morgan fingerprint density at radius 1 is 1.22 bits per heavy atom. The molecule has 7 heteroatoms. The van der Waals surface area contributed by atoms with E-state index in [2.05, 4.69) is 50.6 Å². The zero-order valence-corrected chi connectivity index (χ0v) is 22.0. The van der Waals surface area contributed by atoms with Gasteiger partial charge in [0.15, 0.2) is 0 Å². The molecular weight excluding hydrogens is 474 g/mol. The van der Waals surface area contributed by atoms with Crippen LogP contribution in [0.1, 0.15) is 26.2 Å². The number of H-pyrrole nitrogens is 1. The normalized spacial score (nSPS) is 20.9. The average molecular weight is 510 g/mol. The molecule has 2 heterocycles. The standard InChI is InChI=1S/C27H30ClN3O2.C2H6O/c1-3-21(5-4-6-22-14-17-29-18-15-22)8-12-25-26(13-16-28)31-27(30-25)33-24-10-7-20(2)23(19-32)9-11-24;1-3-2/h3-4,6-7,9-14,17-19,21-22,24H,1,5,8,15-16H2,2H3,(H,30,31);1-2H3/b6-4+,25-12+,26-13+;. The number of hydrogen-bond donors (Lipinski definition) is 1. The van der Waals surface area contributed by atoms with Crippen LogP contribution in [-0.2, 0) is 9.53 Å². The highest BCUT2D eigenvalue weighted by atomic mass is 35.5. The van der Waals surface area contributed by atoms with Crippen molar-refractivity contribution in [1.29, 1.82) is 0 Å². The molecule has 2 aliphatic rings. The summed E-state index contributed by atoms with van der Waals surface area (Å²) in [4.78, 5) is 23.1. The first kappa shape index (κ1) is 29.0. The number of rotatable bonds is 10. The SMILES string of the molecule is C=CC(C/C=C/C1C=CN=CC1)C/C=c1/[nH]c(OC2C=CC(C)=C(C=O)C=C2)n/c1=C/CCl.COC. The number of methoxy groups -OCH3 is 1. The minimum absolute atomic E-state index is 0.308. The van der Waals surface area contributed by atoms with Crippen molar-refractivity contribution in [3.63, 3.8) is 0 Å². The number of hydrogen-bond acceptors (Lipinski definition) is 5. The van der Waals surface area contributed by atoms with Gasteiger partial charge in [0.2, 0.25) is 0 Å². The van der Waals surface area contributed by atoms with Gasteiger partial charge in [-0.3, -0.25) is 9.79 Å². The monoisotopic (exact) mass is 509 g/mol. The maximum Gasteiger partial charge on any atom is 0.295 e. The Morgan fingerprint density at radius 3 is 2.67 bits per heavy atom. The fourth-order valence-corrected chi connectivity index (χ4v) is 3.64. The number of carbonyl (C=O) groups excluding carboxylic acids is 1. The lowest BCUT2D eigenvalue weighted by atomic mass is 9.98. The van der Waals surface area contributed by atoms with E-state index in [1.807, 2.05) is 49.7 Å². The molecule has 1 aliphatic heterocycles. The van der Waals surface area contributed by atoms with E-state index in [0.717, 1.165) is 41.8 Å². The Labute approximate surface area is 218 Å². The lowest BCUT2D eigenvalue weighted by Gasteiger charge is -2.09. The third-order valence-corrected chi connectivity index (χ3v) is 5.68. The summed E-state index contributed by atoms with van der Waals surface area (Å²) in [5.74, 6) is 1.08. The fourth-order valence-electron chi connectivity index (χ4n) is 3.50. The highest BCUT2D eigenvalue weighted by molar-refractivity contribution is 6.20. The first-order valence-corrected chi connectivity index (χ1v) is 12.5. The maximum absolute atomic E-state index is 11.2. The molecule has 0 fully saturated rings. The number of nitrogens with one attached hydrogen (secondary N) is 1. The van der Waals surface area contributed by atoms with Crippen LogP contribution in [-0.4, -0.2) is 48.7 Å². The topological polar surface area (TPSA) is 76.6 Å². The predicted molar refractivity (Wildman–Crippen MR) is 150 cm³/mol. The number of halogens is 1. The molecule has 3 rings (SSSR count). The minimum atomic E-state index is -0.329. The molecule has 1 aromatic rings. The number of ether oxygens (including phenoxy) is 2. The van der Waals surface area contributed by atoms with Crippen molar-refractivity contribution in [3.8, 4) is 6.01 Å². The van der Waals surface area contributed by atoms with Gasteiger partial charge in [0, 0.05) is 44.0 Å². The summed E-state index contributed by atoms with van der Waals surface area (Å²) < 4.78 is 10.2. The Morgan fingerprint density at radius 2 is 2.00 bits per heavy atom. The number of aromatic amines is 1. The molecule has 1 aromatic heterocycles. The first-order valence-electron chi connectivity index (χ1n) is 11.9. The predicted octanol–water partition coefficient (Wildman–Crippen LogP) is 4.60. The number of carbonyl (C=O) groups is 1. The summed E-state index contributed by atoms with van der Waals surface area (Å²) in [5, 5.41) is 1.63. The number of nitrogens with zero attached hydrogens (tertiary/aromatic N) is 2. The second kappa shape index (κ2) is 16.5. The van der Waals surface area contributed by atoms with Gasteiger partial charge < -0.3 is 14.5 Å². The zero-order valence-electron chi connectivity index (χ0n) is 21.3. The lowest BCUT2D eigenvalue weighted by Crippen LogP contribution is -2.24.